The summed E-state index contributed by atoms with van der Waals surface area (Å²) in [7, 11) is 0. The normalized spacial score (nSPS) is 10.8. The van der Waals surface area contributed by atoms with Gasteiger partial charge in [-0.25, -0.2) is 4.98 Å². The van der Waals surface area contributed by atoms with Crippen molar-refractivity contribution in [1.29, 1.82) is 0 Å². The molecule has 0 aliphatic carbocycles. The van der Waals surface area contributed by atoms with Crippen LogP contribution in [0.5, 0.6) is 0 Å². The highest BCUT2D eigenvalue weighted by Gasteiger charge is 2.16. The molecular weight excluding hydrogens is 444 g/mol. The van der Waals surface area contributed by atoms with Crippen LogP contribution in [0.15, 0.2) is 76.0 Å². The summed E-state index contributed by atoms with van der Waals surface area (Å²) in [5.74, 6) is -0.557. The Kier molecular flexibility index (Phi) is 6.67. The van der Waals surface area contributed by atoms with Crippen LogP contribution in [0.2, 0.25) is 0 Å². The summed E-state index contributed by atoms with van der Waals surface area (Å²) in [5, 5.41) is 7.95. The van der Waals surface area contributed by atoms with E-state index in [0.29, 0.717) is 38.9 Å². The molecule has 0 bridgehead atoms. The highest BCUT2D eigenvalue weighted by atomic mass is 32.2. The quantitative estimate of drug-likeness (QED) is 0.311. The van der Waals surface area contributed by atoms with Gasteiger partial charge in [-0.1, -0.05) is 42.1 Å². The van der Waals surface area contributed by atoms with E-state index in [-0.39, 0.29) is 23.1 Å². The van der Waals surface area contributed by atoms with Crippen LogP contribution in [-0.2, 0) is 11.3 Å². The summed E-state index contributed by atoms with van der Waals surface area (Å²) in [6.07, 6.45) is 0. The summed E-state index contributed by atoms with van der Waals surface area (Å²) in [4.78, 5) is 42.5. The van der Waals surface area contributed by atoms with Crippen molar-refractivity contribution >= 4 is 56.5 Å². The first-order valence-electron chi connectivity index (χ1n) is 9.93. The third-order valence-corrected chi connectivity index (χ3v) is 6.52. The summed E-state index contributed by atoms with van der Waals surface area (Å²) in [6.45, 7) is 2.33. The molecule has 0 aliphatic heterocycles. The Hall–Kier alpha value is -3.43. The van der Waals surface area contributed by atoms with Gasteiger partial charge in [0.15, 0.2) is 5.16 Å². The number of nitrogens with one attached hydrogen (secondary N) is 2. The van der Waals surface area contributed by atoms with E-state index < -0.39 is 0 Å². The molecule has 162 valence electrons. The maximum absolute atomic E-state index is 12.7. The summed E-state index contributed by atoms with van der Waals surface area (Å²) in [5.41, 5.74) is 1.98. The number of fused-ring (bicyclic) bond motifs is 1. The second kappa shape index (κ2) is 9.80. The lowest BCUT2D eigenvalue weighted by Crippen LogP contribution is -2.23. The van der Waals surface area contributed by atoms with Gasteiger partial charge in [0.1, 0.15) is 4.70 Å². The van der Waals surface area contributed by atoms with Gasteiger partial charge in [0.25, 0.3) is 11.5 Å². The lowest BCUT2D eigenvalue weighted by Gasteiger charge is -2.12. The van der Waals surface area contributed by atoms with Crippen molar-refractivity contribution in [2.24, 2.45) is 0 Å². The van der Waals surface area contributed by atoms with Gasteiger partial charge in [-0.15, -0.1) is 11.3 Å². The fraction of sp³-hybridized carbons (Fsp3) is 0.130. The zero-order valence-electron chi connectivity index (χ0n) is 17.2. The monoisotopic (exact) mass is 464 g/mol. The first-order chi connectivity index (χ1) is 15.6. The van der Waals surface area contributed by atoms with Gasteiger partial charge in [0, 0.05) is 12.2 Å². The topological polar surface area (TPSA) is 93.1 Å². The molecule has 0 atom stereocenters. The third-order valence-electron chi connectivity index (χ3n) is 4.66. The molecule has 2 aromatic heterocycles. The largest absolute Gasteiger partial charge is 0.325 e. The van der Waals surface area contributed by atoms with Gasteiger partial charge < -0.3 is 10.6 Å². The van der Waals surface area contributed by atoms with E-state index in [4.69, 9.17) is 0 Å². The van der Waals surface area contributed by atoms with Crippen LogP contribution in [0, 0.1) is 0 Å². The molecule has 4 aromatic rings. The maximum atomic E-state index is 12.7. The Morgan fingerprint density at radius 3 is 2.56 bits per heavy atom. The SMILES string of the molecule is CCn1c(SCC(=O)Nc2ccccc2C(=O)Nc2ccccc2)nc2ccsc2c1=O. The molecule has 7 nitrogen and oxygen atoms in total. The highest BCUT2D eigenvalue weighted by Crippen LogP contribution is 2.22. The Morgan fingerprint density at radius 1 is 1.03 bits per heavy atom. The molecule has 2 aromatic carbocycles. The van der Waals surface area contributed by atoms with E-state index in [1.165, 1.54) is 23.1 Å². The summed E-state index contributed by atoms with van der Waals surface area (Å²) >= 11 is 2.55. The molecule has 9 heteroatoms. The molecule has 2 amide bonds. The maximum Gasteiger partial charge on any atom is 0.272 e. The number of carbonyl (C=O) groups is 2. The van der Waals surface area contributed by atoms with E-state index >= 15 is 0 Å². The number of nitrogens with zero attached hydrogens (tertiary/aromatic N) is 2. The minimum Gasteiger partial charge on any atom is -0.325 e. The van der Waals surface area contributed by atoms with Crippen LogP contribution in [-0.4, -0.2) is 27.1 Å². The van der Waals surface area contributed by atoms with E-state index in [1.54, 1.807) is 47.0 Å². The van der Waals surface area contributed by atoms with Crippen molar-refractivity contribution in [1.82, 2.24) is 9.55 Å². The molecule has 0 radical (unpaired) electrons. The van der Waals surface area contributed by atoms with E-state index in [1.807, 2.05) is 30.5 Å². The number of anilines is 2. The number of amides is 2. The number of hydrogen-bond acceptors (Lipinski definition) is 6. The van der Waals surface area contributed by atoms with Crippen molar-refractivity contribution in [3.8, 4) is 0 Å². The summed E-state index contributed by atoms with van der Waals surface area (Å²) in [6, 6.07) is 17.7. The molecule has 0 aliphatic rings. The minimum absolute atomic E-state index is 0.0523. The fourth-order valence-electron chi connectivity index (χ4n) is 3.14. The van der Waals surface area contributed by atoms with Crippen LogP contribution in [0.4, 0.5) is 11.4 Å². The Bertz CT molecular complexity index is 1330. The number of hydrogen-bond donors (Lipinski definition) is 2. The van der Waals surface area contributed by atoms with Crippen LogP contribution < -0.4 is 16.2 Å². The Morgan fingerprint density at radius 2 is 1.78 bits per heavy atom. The van der Waals surface area contributed by atoms with Gasteiger partial charge >= 0.3 is 0 Å². The lowest BCUT2D eigenvalue weighted by molar-refractivity contribution is -0.113. The molecule has 0 fully saturated rings. The van der Waals surface area contributed by atoms with Gasteiger partial charge in [-0.05, 0) is 42.6 Å². The van der Waals surface area contributed by atoms with Crippen molar-refractivity contribution in [2.75, 3.05) is 16.4 Å². The third kappa shape index (κ3) is 4.74. The lowest BCUT2D eigenvalue weighted by atomic mass is 10.1. The van der Waals surface area contributed by atoms with E-state index in [9.17, 15) is 14.4 Å². The molecule has 0 saturated carbocycles. The number of aromatic nitrogens is 2. The van der Waals surface area contributed by atoms with Crippen molar-refractivity contribution < 1.29 is 9.59 Å². The molecule has 2 N–H and O–H groups in total. The zero-order valence-corrected chi connectivity index (χ0v) is 18.8. The smallest absolute Gasteiger partial charge is 0.272 e. The average molecular weight is 465 g/mol. The van der Waals surface area contributed by atoms with Crippen LogP contribution in [0.3, 0.4) is 0 Å². The minimum atomic E-state index is -0.316. The van der Waals surface area contributed by atoms with Gasteiger partial charge in [0.2, 0.25) is 5.91 Å². The molecule has 32 heavy (non-hydrogen) atoms. The molecule has 4 rings (SSSR count). The second-order valence-electron chi connectivity index (χ2n) is 6.78. The molecule has 0 saturated heterocycles. The van der Waals surface area contributed by atoms with Crippen molar-refractivity contribution in [3.63, 3.8) is 0 Å². The second-order valence-corrected chi connectivity index (χ2v) is 8.64. The number of para-hydroxylation sites is 2. The van der Waals surface area contributed by atoms with Crippen LogP contribution in [0.25, 0.3) is 10.2 Å². The molecule has 0 spiro atoms. The van der Waals surface area contributed by atoms with Crippen molar-refractivity contribution in [2.45, 2.75) is 18.6 Å². The number of rotatable bonds is 7. The summed E-state index contributed by atoms with van der Waals surface area (Å²) < 4.78 is 2.18. The number of thioether (sulfide) groups is 1. The van der Waals surface area contributed by atoms with E-state index in [0.717, 1.165) is 0 Å². The fourth-order valence-corrected chi connectivity index (χ4v) is 4.78. The van der Waals surface area contributed by atoms with Gasteiger partial charge in [-0.3, -0.25) is 19.0 Å². The molecular formula is C23H20N4O3S2. The number of benzene rings is 2. The standard InChI is InChI=1S/C23H20N4O3S2/c1-2-27-22(30)20-18(12-13-31-20)26-23(27)32-14-19(28)25-17-11-7-6-10-16(17)21(29)24-15-8-4-3-5-9-15/h3-13H,2,14H2,1H3,(H,24,29)(H,25,28). The molecule has 2 heterocycles. The number of thiophene rings is 1. The first kappa shape index (κ1) is 21.8. The van der Waals surface area contributed by atoms with Gasteiger partial charge in [0.05, 0.1) is 22.5 Å². The average Bonchev–Trinajstić information content (AvgIpc) is 3.28. The first-order valence-corrected chi connectivity index (χ1v) is 11.8. The predicted molar refractivity (Wildman–Crippen MR) is 130 cm³/mol. The van der Waals surface area contributed by atoms with Gasteiger partial charge in [-0.2, -0.15) is 0 Å². The van der Waals surface area contributed by atoms with Crippen molar-refractivity contribution in [3.05, 3.63) is 82.0 Å². The van der Waals surface area contributed by atoms with E-state index in [2.05, 4.69) is 15.6 Å². The Balaban J connectivity index is 1.47. The zero-order chi connectivity index (χ0) is 22.5. The highest BCUT2D eigenvalue weighted by molar-refractivity contribution is 7.99. The number of carbonyl (C=O) groups excluding carboxylic acids is 2. The van der Waals surface area contributed by atoms with Crippen LogP contribution >= 0.6 is 23.1 Å². The predicted octanol–water partition coefficient (Wildman–Crippen LogP) is 4.46. The Labute approximate surface area is 192 Å². The molecule has 0 unspecified atom stereocenters. The van der Waals surface area contributed by atoms with Crippen LogP contribution in [0.1, 0.15) is 17.3 Å².